The summed E-state index contributed by atoms with van der Waals surface area (Å²) >= 11 is 1.66. The van der Waals surface area contributed by atoms with E-state index >= 15 is 0 Å². The molecule has 10 nitrogen and oxygen atoms in total. The predicted octanol–water partition coefficient (Wildman–Crippen LogP) is 3.35. The third kappa shape index (κ3) is 7.56. The molecule has 2 aliphatic rings. The van der Waals surface area contributed by atoms with Crippen LogP contribution in [0.4, 0.5) is 11.4 Å². The van der Waals surface area contributed by atoms with E-state index in [0.717, 1.165) is 21.2 Å². The van der Waals surface area contributed by atoms with E-state index in [1.54, 1.807) is 17.8 Å². The van der Waals surface area contributed by atoms with E-state index in [4.69, 9.17) is 14.2 Å². The first-order valence-corrected chi connectivity index (χ1v) is 14.1. The predicted molar refractivity (Wildman–Crippen MR) is 153 cm³/mol. The lowest BCUT2D eigenvalue weighted by molar-refractivity contribution is -0.134. The number of carbonyl (C=O) groups excluding carboxylic acids is 3. The quantitative estimate of drug-likeness (QED) is 0.245. The van der Waals surface area contributed by atoms with Crippen LogP contribution in [-0.2, 0) is 23.9 Å². The summed E-state index contributed by atoms with van der Waals surface area (Å²) < 4.78 is 16.4. The average molecular weight is 569 g/mol. The van der Waals surface area contributed by atoms with Gasteiger partial charge in [0.25, 0.3) is 5.91 Å². The maximum absolute atomic E-state index is 13.0. The van der Waals surface area contributed by atoms with Gasteiger partial charge in [-0.05, 0) is 43.0 Å². The minimum absolute atomic E-state index is 0.136. The van der Waals surface area contributed by atoms with E-state index in [0.29, 0.717) is 25.2 Å². The van der Waals surface area contributed by atoms with Crippen molar-refractivity contribution in [2.24, 2.45) is 5.92 Å². The van der Waals surface area contributed by atoms with Crippen LogP contribution in [0.5, 0.6) is 5.75 Å². The number of rotatable bonds is 12. The summed E-state index contributed by atoms with van der Waals surface area (Å²) in [6, 6.07) is 11.4. The number of para-hydroxylation sites is 1. The molecule has 4 rings (SSSR count). The Balaban J connectivity index is 1.30. The number of fused-ring (bicyclic) bond motifs is 2. The Bertz CT molecular complexity index is 1240. The van der Waals surface area contributed by atoms with Crippen molar-refractivity contribution in [3.63, 3.8) is 0 Å². The highest BCUT2D eigenvalue weighted by Crippen LogP contribution is 2.44. The van der Waals surface area contributed by atoms with Gasteiger partial charge in [-0.1, -0.05) is 43.8 Å². The van der Waals surface area contributed by atoms with Crippen molar-refractivity contribution in [2.75, 3.05) is 25.6 Å². The standard InChI is InChI=1S/C29H36N4O6S/c1-5-19(27(35)33-23(14-17(2)3)28(36)32-21-12-13-38-29(21)37-4)31-26(34)16-39-18-10-11-25-22(15-18)30-20-8-6-7-9-24(20)40-25/h5-11,15,17,19,21,23,29-30H,1,12-14,16H2,2-4H3,(H,31,34)(H,32,36)(H,33,35)/t19-,21-,23-,29?/m0/s1. The van der Waals surface area contributed by atoms with Crippen LogP contribution in [0, 0.1) is 5.92 Å². The minimum Gasteiger partial charge on any atom is -0.484 e. The maximum Gasteiger partial charge on any atom is 0.258 e. The Morgan fingerprint density at radius 1 is 1.12 bits per heavy atom. The molecule has 0 spiro atoms. The second kappa shape index (κ2) is 13.7. The molecule has 40 heavy (non-hydrogen) atoms. The molecule has 0 bridgehead atoms. The van der Waals surface area contributed by atoms with Crippen molar-refractivity contribution >= 4 is 40.9 Å². The molecule has 11 heteroatoms. The van der Waals surface area contributed by atoms with Crippen molar-refractivity contribution in [2.45, 2.75) is 60.9 Å². The van der Waals surface area contributed by atoms with E-state index in [1.165, 1.54) is 13.2 Å². The minimum atomic E-state index is -1.04. The molecule has 1 unspecified atom stereocenters. The highest BCUT2D eigenvalue weighted by molar-refractivity contribution is 7.99. The van der Waals surface area contributed by atoms with E-state index in [2.05, 4.69) is 33.9 Å². The maximum atomic E-state index is 13.0. The van der Waals surface area contributed by atoms with E-state index in [-0.39, 0.29) is 24.5 Å². The third-order valence-corrected chi connectivity index (χ3v) is 7.62. The smallest absolute Gasteiger partial charge is 0.258 e. The van der Waals surface area contributed by atoms with Crippen molar-refractivity contribution in [3.05, 3.63) is 55.1 Å². The van der Waals surface area contributed by atoms with Crippen LogP contribution < -0.4 is 26.0 Å². The van der Waals surface area contributed by atoms with Gasteiger partial charge in [-0.15, -0.1) is 6.58 Å². The zero-order valence-electron chi connectivity index (χ0n) is 22.9. The molecule has 0 saturated carbocycles. The normalized spacial score (nSPS) is 18.9. The molecule has 2 heterocycles. The fourth-order valence-electron chi connectivity index (χ4n) is 4.49. The number of hydrogen-bond donors (Lipinski definition) is 4. The Morgan fingerprint density at radius 2 is 1.90 bits per heavy atom. The molecule has 1 saturated heterocycles. The second-order valence-electron chi connectivity index (χ2n) is 10.0. The summed E-state index contributed by atoms with van der Waals surface area (Å²) in [5.41, 5.74) is 1.90. The molecule has 214 valence electrons. The number of benzene rings is 2. The zero-order valence-corrected chi connectivity index (χ0v) is 23.7. The number of methoxy groups -OCH3 is 1. The summed E-state index contributed by atoms with van der Waals surface area (Å²) in [7, 11) is 1.52. The van der Waals surface area contributed by atoms with Crippen molar-refractivity contribution < 1.29 is 28.6 Å². The molecule has 4 atom stereocenters. The summed E-state index contributed by atoms with van der Waals surface area (Å²) in [5, 5.41) is 11.7. The summed E-state index contributed by atoms with van der Waals surface area (Å²) in [4.78, 5) is 40.9. The van der Waals surface area contributed by atoms with Gasteiger partial charge in [-0.25, -0.2) is 0 Å². The van der Waals surface area contributed by atoms with Crippen LogP contribution in [0.15, 0.2) is 64.9 Å². The average Bonchev–Trinajstić information content (AvgIpc) is 3.39. The molecule has 2 aromatic rings. The highest BCUT2D eigenvalue weighted by Gasteiger charge is 2.33. The highest BCUT2D eigenvalue weighted by atomic mass is 32.2. The molecule has 2 aliphatic heterocycles. The van der Waals surface area contributed by atoms with Crippen molar-refractivity contribution in [3.8, 4) is 5.75 Å². The van der Waals surface area contributed by atoms with Gasteiger partial charge in [0.15, 0.2) is 12.9 Å². The van der Waals surface area contributed by atoms with Gasteiger partial charge in [0.1, 0.15) is 17.8 Å². The first kappa shape index (κ1) is 29.4. The zero-order chi connectivity index (χ0) is 28.6. The van der Waals surface area contributed by atoms with Crippen LogP contribution in [0.2, 0.25) is 0 Å². The molecule has 3 amide bonds. The third-order valence-electron chi connectivity index (χ3n) is 6.47. The summed E-state index contributed by atoms with van der Waals surface area (Å²) in [6.07, 6.45) is 1.82. The van der Waals surface area contributed by atoms with Crippen LogP contribution in [0.25, 0.3) is 0 Å². The first-order valence-electron chi connectivity index (χ1n) is 13.2. The largest absolute Gasteiger partial charge is 0.484 e. The molecule has 0 aliphatic carbocycles. The number of carbonyl (C=O) groups is 3. The van der Waals surface area contributed by atoms with E-state index < -0.39 is 30.2 Å². The van der Waals surface area contributed by atoms with Crippen LogP contribution in [0.1, 0.15) is 26.7 Å². The number of hydrogen-bond acceptors (Lipinski definition) is 8. The first-order chi connectivity index (χ1) is 19.3. The van der Waals surface area contributed by atoms with Gasteiger partial charge in [0.05, 0.1) is 24.0 Å². The molecule has 1 fully saturated rings. The Labute approximate surface area is 238 Å². The van der Waals surface area contributed by atoms with E-state index in [9.17, 15) is 14.4 Å². The monoisotopic (exact) mass is 568 g/mol. The molecule has 2 aromatic carbocycles. The molecule has 0 aromatic heterocycles. The molecule has 4 N–H and O–H groups in total. The van der Waals surface area contributed by atoms with Crippen LogP contribution >= 0.6 is 11.8 Å². The van der Waals surface area contributed by atoms with Crippen molar-refractivity contribution in [1.82, 2.24) is 16.0 Å². The van der Waals surface area contributed by atoms with Gasteiger partial charge in [0.2, 0.25) is 11.8 Å². The van der Waals surface area contributed by atoms with Gasteiger partial charge in [-0.2, -0.15) is 0 Å². The Hall–Kier alpha value is -3.54. The van der Waals surface area contributed by atoms with Crippen LogP contribution in [-0.4, -0.2) is 62.5 Å². The lowest BCUT2D eigenvalue weighted by Crippen LogP contribution is -2.56. The van der Waals surface area contributed by atoms with Gasteiger partial charge >= 0.3 is 0 Å². The number of nitrogens with one attached hydrogen (secondary N) is 4. The topological polar surface area (TPSA) is 127 Å². The van der Waals surface area contributed by atoms with Crippen molar-refractivity contribution in [1.29, 1.82) is 0 Å². The lowest BCUT2D eigenvalue weighted by atomic mass is 10.0. The lowest BCUT2D eigenvalue weighted by Gasteiger charge is -2.25. The fraction of sp³-hybridized carbons (Fsp3) is 0.414. The van der Waals surface area contributed by atoms with Gasteiger partial charge in [0, 0.05) is 23.0 Å². The molecular weight excluding hydrogens is 532 g/mol. The Morgan fingerprint density at radius 3 is 2.65 bits per heavy atom. The van der Waals surface area contributed by atoms with Crippen LogP contribution in [0.3, 0.4) is 0 Å². The number of ether oxygens (including phenoxy) is 3. The Kier molecular flexibility index (Phi) is 10.1. The SMILES string of the molecule is C=C[C@H](NC(=O)COc1ccc2c(c1)Nc1ccccc1S2)C(=O)N[C@@H](CC(C)C)C(=O)N[C@H]1CCOC1OC. The van der Waals surface area contributed by atoms with E-state index in [1.807, 2.05) is 44.2 Å². The summed E-state index contributed by atoms with van der Waals surface area (Å²) in [6.45, 7) is 7.78. The van der Waals surface area contributed by atoms with Gasteiger partial charge < -0.3 is 35.5 Å². The second-order valence-corrected chi connectivity index (χ2v) is 11.1. The molecular formula is C29H36N4O6S. The fourth-order valence-corrected chi connectivity index (χ4v) is 5.46. The molecule has 0 radical (unpaired) electrons. The number of amides is 3. The number of anilines is 2. The van der Waals surface area contributed by atoms with Gasteiger partial charge in [-0.3, -0.25) is 14.4 Å². The summed E-state index contributed by atoms with van der Waals surface area (Å²) in [5.74, 6) is -0.721.